The van der Waals surface area contributed by atoms with Crippen LogP contribution in [-0.4, -0.2) is 47.2 Å². The molecule has 1 aromatic rings. The molecule has 7 nitrogen and oxygen atoms in total. The molecule has 5 N–H and O–H groups in total. The average Bonchev–Trinajstić information content (AvgIpc) is 2.82. The van der Waals surface area contributed by atoms with Crippen molar-refractivity contribution >= 4 is 23.5 Å². The second-order valence-electron chi connectivity index (χ2n) is 7.55. The Kier molecular flexibility index (Phi) is 6.29. The van der Waals surface area contributed by atoms with Crippen molar-refractivity contribution in [3.8, 4) is 0 Å². The average molecular weight is 383 g/mol. The molecule has 0 saturated carbocycles. The molecular weight excluding hydrogens is 356 g/mol. The maximum Gasteiger partial charge on any atom is 0.408 e. The Hall–Kier alpha value is -1.67. The van der Waals surface area contributed by atoms with Crippen LogP contribution in [0.3, 0.4) is 0 Å². The predicted octanol–water partition coefficient (Wildman–Crippen LogP) is 1.62. The summed E-state index contributed by atoms with van der Waals surface area (Å²) >= 11 is 5.91. The van der Waals surface area contributed by atoms with Gasteiger partial charge in [0.1, 0.15) is 11.3 Å². The predicted molar refractivity (Wildman–Crippen MR) is 101 cm³/mol. The first-order valence-electron chi connectivity index (χ1n) is 8.56. The lowest BCUT2D eigenvalue weighted by Crippen LogP contribution is -2.67. The van der Waals surface area contributed by atoms with Crippen LogP contribution in [0.15, 0.2) is 24.3 Å². The molecule has 1 amide bonds. The lowest BCUT2D eigenvalue weighted by atomic mass is 9.97. The van der Waals surface area contributed by atoms with Gasteiger partial charge in [-0.15, -0.1) is 0 Å². The maximum atomic E-state index is 12.8. The van der Waals surface area contributed by atoms with Crippen molar-refractivity contribution < 1.29 is 14.3 Å². The number of nitrogens with zero attached hydrogens (tertiary/aromatic N) is 1. The van der Waals surface area contributed by atoms with Crippen molar-refractivity contribution in [3.63, 3.8) is 0 Å². The van der Waals surface area contributed by atoms with Gasteiger partial charge >= 0.3 is 6.09 Å². The van der Waals surface area contributed by atoms with Gasteiger partial charge in [-0.2, -0.15) is 0 Å². The highest BCUT2D eigenvalue weighted by atomic mass is 35.5. The smallest absolute Gasteiger partial charge is 0.408 e. The number of hydrogen-bond acceptors (Lipinski definition) is 6. The monoisotopic (exact) mass is 382 g/mol. The summed E-state index contributed by atoms with van der Waals surface area (Å²) in [6, 6.07) is 6.84. The van der Waals surface area contributed by atoms with Gasteiger partial charge < -0.3 is 21.5 Å². The van der Waals surface area contributed by atoms with Crippen molar-refractivity contribution in [1.29, 1.82) is 0 Å². The highest BCUT2D eigenvalue weighted by molar-refractivity contribution is 6.30. The van der Waals surface area contributed by atoms with E-state index in [9.17, 15) is 9.59 Å². The molecule has 1 saturated heterocycles. The number of ketones is 1. The minimum absolute atomic E-state index is 0.240. The molecule has 0 radical (unpaired) electrons. The molecule has 1 aromatic carbocycles. The van der Waals surface area contributed by atoms with Crippen LogP contribution in [0.1, 0.15) is 32.8 Å². The number of amides is 1. The number of rotatable bonds is 5. The van der Waals surface area contributed by atoms with Crippen molar-refractivity contribution in [1.82, 2.24) is 10.2 Å². The van der Waals surface area contributed by atoms with E-state index in [0.29, 0.717) is 24.5 Å². The van der Waals surface area contributed by atoms with Crippen LogP contribution in [0.5, 0.6) is 0 Å². The van der Waals surface area contributed by atoms with Crippen molar-refractivity contribution in [2.45, 2.75) is 51.0 Å². The molecule has 0 aromatic heterocycles. The number of carbonyl (C=O) groups excluding carboxylic acids is 2. The van der Waals surface area contributed by atoms with Gasteiger partial charge in [0, 0.05) is 24.2 Å². The summed E-state index contributed by atoms with van der Waals surface area (Å²) in [4.78, 5) is 26.4. The summed E-state index contributed by atoms with van der Waals surface area (Å²) in [6.07, 6.45) is -0.0623. The third kappa shape index (κ3) is 4.94. The van der Waals surface area contributed by atoms with E-state index >= 15 is 0 Å². The van der Waals surface area contributed by atoms with Crippen LogP contribution in [0.25, 0.3) is 0 Å². The molecule has 1 fully saturated rings. The number of nitrogens with one attached hydrogen (secondary N) is 1. The van der Waals surface area contributed by atoms with E-state index < -0.39 is 23.4 Å². The number of Topliss-reactive ketones (excluding diaryl/α,β-unsaturated/α-hetero) is 1. The van der Waals surface area contributed by atoms with Crippen molar-refractivity contribution in [2.24, 2.45) is 11.5 Å². The summed E-state index contributed by atoms with van der Waals surface area (Å²) in [7, 11) is 0. The third-order valence-corrected chi connectivity index (χ3v) is 4.58. The second-order valence-corrected chi connectivity index (χ2v) is 7.98. The van der Waals surface area contributed by atoms with Gasteiger partial charge in [0.2, 0.25) is 0 Å². The summed E-state index contributed by atoms with van der Waals surface area (Å²) in [6.45, 7) is 6.08. The Morgan fingerprint density at radius 2 is 1.96 bits per heavy atom. The van der Waals surface area contributed by atoms with E-state index in [1.54, 1.807) is 32.9 Å². The van der Waals surface area contributed by atoms with Crippen molar-refractivity contribution in [3.05, 3.63) is 34.9 Å². The lowest BCUT2D eigenvalue weighted by Gasteiger charge is -2.36. The Bertz CT molecular complexity index is 659. The molecule has 1 heterocycles. The second kappa shape index (κ2) is 7.92. The molecule has 2 atom stereocenters. The standard InChI is InChI=1S/C18H27ClN4O3/c1-17(2,3)26-16(25)22-10-15(24)18(21)14(20)8-9-23(18)11-12-4-6-13(19)7-5-12/h4-7,14H,8-11,20-21H2,1-3H3,(H,22,25)/t14?,18-/m1/s1. The third-order valence-electron chi connectivity index (χ3n) is 4.32. The van der Waals surface area contributed by atoms with Crippen LogP contribution < -0.4 is 16.8 Å². The number of carbonyl (C=O) groups is 2. The fourth-order valence-corrected chi connectivity index (χ4v) is 3.07. The van der Waals surface area contributed by atoms with Crippen molar-refractivity contribution in [2.75, 3.05) is 13.1 Å². The Morgan fingerprint density at radius 3 is 2.54 bits per heavy atom. The number of alkyl carbamates (subject to hydrolysis) is 1. The summed E-state index contributed by atoms with van der Waals surface area (Å²) in [5.74, 6) is -0.345. The van der Waals surface area contributed by atoms with Gasteiger partial charge in [-0.25, -0.2) is 4.79 Å². The SMILES string of the molecule is CC(C)(C)OC(=O)NCC(=O)[C@@]1(N)C(N)CCN1Cc1ccc(Cl)cc1. The minimum atomic E-state index is -1.34. The lowest BCUT2D eigenvalue weighted by molar-refractivity contribution is -0.129. The first kappa shape index (κ1) is 20.6. The van der Waals surface area contributed by atoms with Gasteiger partial charge in [-0.3, -0.25) is 9.69 Å². The molecule has 1 aliphatic rings. The van der Waals surface area contributed by atoms with Crippen LogP contribution in [0.2, 0.25) is 5.02 Å². The van der Waals surface area contributed by atoms with Gasteiger partial charge in [0.15, 0.2) is 5.78 Å². The Balaban J connectivity index is 2.04. The van der Waals surface area contributed by atoms with Crippen LogP contribution in [0, 0.1) is 0 Å². The summed E-state index contributed by atoms with van der Waals surface area (Å²) in [5, 5.41) is 3.11. The molecule has 1 unspecified atom stereocenters. The topological polar surface area (TPSA) is 111 Å². The van der Waals surface area contributed by atoms with Gasteiger partial charge in [0.25, 0.3) is 0 Å². The van der Waals surface area contributed by atoms with E-state index in [2.05, 4.69) is 5.32 Å². The molecule has 0 bridgehead atoms. The van der Waals surface area contributed by atoms with E-state index in [0.717, 1.165) is 5.56 Å². The van der Waals surface area contributed by atoms with Crippen LogP contribution in [0.4, 0.5) is 4.79 Å². The van der Waals surface area contributed by atoms with Crippen LogP contribution in [-0.2, 0) is 16.1 Å². The molecule has 0 aliphatic carbocycles. The number of likely N-dealkylation sites (tertiary alicyclic amines) is 1. The van der Waals surface area contributed by atoms with Gasteiger partial charge in [-0.05, 0) is 44.9 Å². The minimum Gasteiger partial charge on any atom is -0.444 e. The van der Waals surface area contributed by atoms with Gasteiger partial charge in [0.05, 0.1) is 6.54 Å². The normalized spacial score (nSPS) is 23.7. The number of ether oxygens (including phenoxy) is 1. The van der Waals surface area contributed by atoms with E-state index in [1.807, 2.05) is 17.0 Å². The highest BCUT2D eigenvalue weighted by Crippen LogP contribution is 2.27. The number of halogens is 1. The molecule has 8 heteroatoms. The van der Waals surface area contributed by atoms with E-state index in [4.69, 9.17) is 27.8 Å². The summed E-state index contributed by atoms with van der Waals surface area (Å²) < 4.78 is 5.14. The molecular formula is C18H27ClN4O3. The fourth-order valence-electron chi connectivity index (χ4n) is 2.95. The molecule has 1 aliphatic heterocycles. The molecule has 26 heavy (non-hydrogen) atoms. The highest BCUT2D eigenvalue weighted by Gasteiger charge is 2.49. The Morgan fingerprint density at radius 1 is 1.35 bits per heavy atom. The molecule has 0 spiro atoms. The molecule has 144 valence electrons. The van der Waals surface area contributed by atoms with E-state index in [1.165, 1.54) is 0 Å². The zero-order chi connectivity index (χ0) is 19.5. The largest absolute Gasteiger partial charge is 0.444 e. The zero-order valence-corrected chi connectivity index (χ0v) is 16.2. The van der Waals surface area contributed by atoms with E-state index in [-0.39, 0.29) is 12.3 Å². The number of nitrogens with two attached hydrogens (primary N) is 2. The summed E-state index contributed by atoms with van der Waals surface area (Å²) in [5.41, 5.74) is 11.6. The number of hydrogen-bond donors (Lipinski definition) is 3. The zero-order valence-electron chi connectivity index (χ0n) is 15.4. The first-order valence-corrected chi connectivity index (χ1v) is 8.94. The first-order chi connectivity index (χ1) is 12.0. The fraction of sp³-hybridized carbons (Fsp3) is 0.556. The quantitative estimate of drug-likeness (QED) is 0.713. The van der Waals surface area contributed by atoms with Gasteiger partial charge in [-0.1, -0.05) is 23.7 Å². The molecule has 2 rings (SSSR count). The van der Waals surface area contributed by atoms with Crippen LogP contribution >= 0.6 is 11.6 Å². The number of benzene rings is 1. The maximum absolute atomic E-state index is 12.8. The Labute approximate surface area is 159 Å².